The van der Waals surface area contributed by atoms with E-state index in [2.05, 4.69) is 17.3 Å². The molecule has 0 bridgehead atoms. The molecule has 1 rings (SSSR count). The minimum absolute atomic E-state index is 0.280. The number of hydrogen-bond donors (Lipinski definition) is 1. The third-order valence-corrected chi connectivity index (χ3v) is 1.73. The number of carbonyl (C=O) groups is 1. The molecule has 1 N–H and O–H groups in total. The van der Waals surface area contributed by atoms with E-state index in [9.17, 15) is 4.79 Å². The van der Waals surface area contributed by atoms with Crippen LogP contribution in [0.1, 0.15) is 54.4 Å². The molecule has 16 heavy (non-hydrogen) atoms. The monoisotopic (exact) mass is 232 g/mol. The molecule has 1 heterocycles. The summed E-state index contributed by atoms with van der Waals surface area (Å²) in [4.78, 5) is 11.9. The van der Waals surface area contributed by atoms with E-state index in [1.807, 2.05) is 41.5 Å². The summed E-state index contributed by atoms with van der Waals surface area (Å²) in [5.74, 6) is 0. The predicted molar refractivity (Wildman–Crippen MR) is 73.8 cm³/mol. The van der Waals surface area contributed by atoms with Gasteiger partial charge in [0.25, 0.3) is 0 Å². The predicted octanol–water partition coefficient (Wildman–Crippen LogP) is 2.91. The highest BCUT2D eigenvalue weighted by Crippen LogP contribution is 2.02. The Morgan fingerprint density at radius 2 is 1.44 bits per heavy atom. The third-order valence-electron chi connectivity index (χ3n) is 1.73. The number of amides is 1. The molecule has 100 valence electrons. The molecule has 3 nitrogen and oxygen atoms in total. The Bertz CT molecular complexity index is 111. The minimum Gasteiger partial charge on any atom is -0.357 e. The van der Waals surface area contributed by atoms with Crippen molar-refractivity contribution in [1.82, 2.24) is 10.2 Å². The molecule has 0 aliphatic carbocycles. The summed E-state index contributed by atoms with van der Waals surface area (Å²) < 4.78 is 0. The zero-order chi connectivity index (χ0) is 13.4. The average molecular weight is 232 g/mol. The molecule has 1 saturated heterocycles. The van der Waals surface area contributed by atoms with Crippen LogP contribution in [-0.2, 0) is 4.79 Å². The van der Waals surface area contributed by atoms with Gasteiger partial charge >= 0.3 is 0 Å². The lowest BCUT2D eigenvalue weighted by atomic mass is 10.4. The van der Waals surface area contributed by atoms with Gasteiger partial charge in [-0.25, -0.2) is 0 Å². The Morgan fingerprint density at radius 1 is 1.06 bits per heavy atom. The lowest BCUT2D eigenvalue weighted by molar-refractivity contribution is -0.109. The maximum Gasteiger partial charge on any atom is 0.207 e. The second kappa shape index (κ2) is 19.9. The molecule has 1 fully saturated rings. The summed E-state index contributed by atoms with van der Waals surface area (Å²) in [5.41, 5.74) is 0. The van der Waals surface area contributed by atoms with E-state index < -0.39 is 0 Å². The maximum atomic E-state index is 9.50. The molecule has 3 heteroatoms. The first-order valence-electron chi connectivity index (χ1n) is 6.55. The van der Waals surface area contributed by atoms with E-state index in [1.54, 1.807) is 0 Å². The zero-order valence-corrected chi connectivity index (χ0v) is 12.3. The van der Waals surface area contributed by atoms with Crippen LogP contribution in [0.2, 0.25) is 0 Å². The van der Waals surface area contributed by atoms with Crippen LogP contribution in [0.3, 0.4) is 0 Å². The Labute approximate surface area is 103 Å². The van der Waals surface area contributed by atoms with Gasteiger partial charge in [-0.05, 0) is 46.8 Å². The van der Waals surface area contributed by atoms with Crippen molar-refractivity contribution < 1.29 is 4.79 Å². The van der Waals surface area contributed by atoms with E-state index >= 15 is 0 Å². The van der Waals surface area contributed by atoms with Crippen molar-refractivity contribution in [3.8, 4) is 0 Å². The van der Waals surface area contributed by atoms with Crippen molar-refractivity contribution in [3.63, 3.8) is 0 Å². The molecule has 0 atom stereocenters. The van der Waals surface area contributed by atoms with Crippen molar-refractivity contribution in [2.24, 2.45) is 0 Å². The first-order chi connectivity index (χ1) is 7.66. The lowest BCUT2D eigenvalue weighted by Gasteiger charge is -2.01. The second-order valence-corrected chi connectivity index (χ2v) is 3.45. The van der Waals surface area contributed by atoms with Crippen LogP contribution in [0, 0.1) is 0 Å². The van der Waals surface area contributed by atoms with E-state index in [-0.39, 0.29) is 6.04 Å². The van der Waals surface area contributed by atoms with E-state index in [4.69, 9.17) is 0 Å². The number of rotatable bonds is 2. The van der Waals surface area contributed by atoms with Crippen molar-refractivity contribution in [3.05, 3.63) is 0 Å². The number of nitrogens with zero attached hydrogens (tertiary/aromatic N) is 1. The van der Waals surface area contributed by atoms with Crippen LogP contribution >= 0.6 is 0 Å². The van der Waals surface area contributed by atoms with Crippen LogP contribution in [0.4, 0.5) is 0 Å². The number of carbonyl (C=O) groups excluding carboxylic acids is 1. The lowest BCUT2D eigenvalue weighted by Crippen LogP contribution is -2.19. The molecular weight excluding hydrogens is 200 g/mol. The smallest absolute Gasteiger partial charge is 0.207 e. The Morgan fingerprint density at radius 3 is 1.50 bits per heavy atom. The van der Waals surface area contributed by atoms with Gasteiger partial charge in [-0.15, -0.1) is 0 Å². The molecule has 0 aromatic rings. The summed E-state index contributed by atoms with van der Waals surface area (Å²) in [6.45, 7) is 14.5. The topological polar surface area (TPSA) is 32.3 Å². The molecule has 0 radical (unpaired) electrons. The average Bonchev–Trinajstić information content (AvgIpc) is 2.76. The van der Waals surface area contributed by atoms with Gasteiger partial charge in [0, 0.05) is 6.04 Å². The van der Waals surface area contributed by atoms with Crippen molar-refractivity contribution in [2.75, 3.05) is 20.1 Å². The summed E-state index contributed by atoms with van der Waals surface area (Å²) in [5, 5.41) is 2.53. The van der Waals surface area contributed by atoms with Gasteiger partial charge in [0.05, 0.1) is 0 Å². The van der Waals surface area contributed by atoms with Crippen LogP contribution in [0.5, 0.6) is 0 Å². The van der Waals surface area contributed by atoms with Crippen molar-refractivity contribution in [2.45, 2.75) is 60.4 Å². The molecule has 1 amide bonds. The van der Waals surface area contributed by atoms with Crippen LogP contribution in [-0.4, -0.2) is 37.5 Å². The molecule has 0 saturated carbocycles. The molecule has 0 aromatic heterocycles. The van der Waals surface area contributed by atoms with Gasteiger partial charge in [-0.1, -0.05) is 27.7 Å². The zero-order valence-electron chi connectivity index (χ0n) is 12.3. The van der Waals surface area contributed by atoms with Gasteiger partial charge in [-0.3, -0.25) is 4.79 Å². The van der Waals surface area contributed by atoms with E-state index in [0.29, 0.717) is 6.41 Å². The molecular formula is C13H32N2O. The number of nitrogens with one attached hydrogen (secondary N) is 1. The van der Waals surface area contributed by atoms with Gasteiger partial charge in [-0.2, -0.15) is 0 Å². The summed E-state index contributed by atoms with van der Waals surface area (Å²) in [6, 6.07) is 0.280. The molecule has 1 aliphatic rings. The Kier molecular flexibility index (Phi) is 25.9. The molecule has 0 unspecified atom stereocenters. The largest absolute Gasteiger partial charge is 0.357 e. The van der Waals surface area contributed by atoms with Gasteiger partial charge in [0.2, 0.25) is 6.41 Å². The SMILES string of the molecule is CC.CC.CC(C)NC=O.CN1CCCC1. The normalized spacial score (nSPS) is 13.5. The van der Waals surface area contributed by atoms with Gasteiger partial charge in [0.1, 0.15) is 0 Å². The Balaban J connectivity index is -0.000000162. The second-order valence-electron chi connectivity index (χ2n) is 3.45. The summed E-state index contributed by atoms with van der Waals surface area (Å²) in [6.07, 6.45) is 3.53. The quantitative estimate of drug-likeness (QED) is 0.743. The third kappa shape index (κ3) is 23.3. The minimum atomic E-state index is 0.280. The summed E-state index contributed by atoms with van der Waals surface area (Å²) >= 11 is 0. The fourth-order valence-electron chi connectivity index (χ4n) is 1.01. The maximum absolute atomic E-state index is 9.50. The first-order valence-corrected chi connectivity index (χ1v) is 6.55. The van der Waals surface area contributed by atoms with E-state index in [1.165, 1.54) is 25.9 Å². The van der Waals surface area contributed by atoms with Crippen LogP contribution < -0.4 is 5.32 Å². The number of likely N-dealkylation sites (tertiary alicyclic amines) is 1. The molecule has 1 aliphatic heterocycles. The van der Waals surface area contributed by atoms with Crippen molar-refractivity contribution in [1.29, 1.82) is 0 Å². The van der Waals surface area contributed by atoms with Crippen LogP contribution in [0.15, 0.2) is 0 Å². The van der Waals surface area contributed by atoms with Crippen molar-refractivity contribution >= 4 is 6.41 Å². The molecule has 0 aromatic carbocycles. The highest BCUT2D eigenvalue weighted by Gasteiger charge is 2.03. The van der Waals surface area contributed by atoms with Crippen LogP contribution in [0.25, 0.3) is 0 Å². The first kappa shape index (κ1) is 20.8. The highest BCUT2D eigenvalue weighted by molar-refractivity contribution is 5.46. The number of hydrogen-bond acceptors (Lipinski definition) is 2. The highest BCUT2D eigenvalue weighted by atomic mass is 16.1. The Hall–Kier alpha value is -0.570. The van der Waals surface area contributed by atoms with Gasteiger partial charge < -0.3 is 10.2 Å². The summed E-state index contributed by atoms with van der Waals surface area (Å²) in [7, 11) is 2.17. The fraction of sp³-hybridized carbons (Fsp3) is 0.923. The van der Waals surface area contributed by atoms with E-state index in [0.717, 1.165) is 0 Å². The van der Waals surface area contributed by atoms with Gasteiger partial charge in [0.15, 0.2) is 0 Å². The standard InChI is InChI=1S/C5H11N.C4H9NO.2C2H6/c1-6-4-2-3-5-6;1-4(2)5-3-6;2*1-2/h2-5H2,1H3;3-4H,1-2H3,(H,5,6);2*1-2H3. The molecule has 0 spiro atoms. The fourth-order valence-corrected chi connectivity index (χ4v) is 1.01.